The van der Waals surface area contributed by atoms with Crippen molar-refractivity contribution in [2.75, 3.05) is 45.2 Å². The van der Waals surface area contributed by atoms with Crippen molar-refractivity contribution in [3.8, 4) is 17.0 Å². The molecule has 1 spiro atoms. The van der Waals surface area contributed by atoms with Gasteiger partial charge in [0.1, 0.15) is 18.5 Å². The Bertz CT molecular complexity index is 1590. The van der Waals surface area contributed by atoms with Crippen LogP contribution in [0, 0.1) is 0 Å². The van der Waals surface area contributed by atoms with E-state index in [2.05, 4.69) is 10.3 Å². The topological polar surface area (TPSA) is 155 Å². The summed E-state index contributed by atoms with van der Waals surface area (Å²) in [5, 5.41) is 22.7. The molecule has 3 aromatic rings. The van der Waals surface area contributed by atoms with Crippen LogP contribution in [0.2, 0.25) is 0 Å². The Morgan fingerprint density at radius 3 is 2.53 bits per heavy atom. The monoisotopic (exact) mass is 631 g/mol. The maximum absolute atomic E-state index is 13.4. The number of benzene rings is 2. The first-order chi connectivity index (χ1) is 20.6. The van der Waals surface area contributed by atoms with E-state index in [4.69, 9.17) is 14.6 Å². The van der Waals surface area contributed by atoms with Gasteiger partial charge in [-0.1, -0.05) is 24.3 Å². The molecule has 232 valence electrons. The predicted molar refractivity (Wildman–Crippen MR) is 160 cm³/mol. The third kappa shape index (κ3) is 7.60. The summed E-state index contributed by atoms with van der Waals surface area (Å²) < 4.78 is 64.6. The Morgan fingerprint density at radius 2 is 1.79 bits per heavy atom. The number of aromatic nitrogens is 1. The van der Waals surface area contributed by atoms with Crippen molar-refractivity contribution >= 4 is 19.9 Å². The normalized spacial score (nSPS) is 19.8. The van der Waals surface area contributed by atoms with Gasteiger partial charge in [0.15, 0.2) is 9.84 Å². The van der Waals surface area contributed by atoms with Gasteiger partial charge in [0.25, 0.3) is 0 Å². The van der Waals surface area contributed by atoms with Crippen molar-refractivity contribution in [3.05, 3.63) is 72.9 Å². The summed E-state index contributed by atoms with van der Waals surface area (Å²) in [4.78, 5) is 4.62. The number of sulfone groups is 1. The Kier molecular flexibility index (Phi) is 9.81. The van der Waals surface area contributed by atoms with E-state index in [0.29, 0.717) is 50.4 Å². The Morgan fingerprint density at radius 1 is 1.02 bits per heavy atom. The number of piperidine rings is 1. The molecule has 1 aromatic heterocycles. The summed E-state index contributed by atoms with van der Waals surface area (Å²) in [5.41, 5.74) is 1.04. The lowest BCUT2D eigenvalue weighted by Gasteiger charge is -2.38. The highest BCUT2D eigenvalue weighted by atomic mass is 32.2. The summed E-state index contributed by atoms with van der Waals surface area (Å²) in [7, 11) is -7.28. The molecule has 2 saturated heterocycles. The second kappa shape index (κ2) is 13.4. The quantitative estimate of drug-likeness (QED) is 0.270. The van der Waals surface area contributed by atoms with Crippen LogP contribution in [0.1, 0.15) is 19.3 Å². The van der Waals surface area contributed by atoms with Gasteiger partial charge in [0.2, 0.25) is 10.0 Å². The van der Waals surface area contributed by atoms with Gasteiger partial charge in [0, 0.05) is 37.4 Å². The molecule has 2 aromatic carbocycles. The number of pyridine rings is 1. The number of nitrogens with one attached hydrogen (secondary N) is 1. The molecular formula is C30H37N3O8S2. The lowest BCUT2D eigenvalue weighted by Crippen LogP contribution is -2.47. The van der Waals surface area contributed by atoms with E-state index < -0.39 is 38.2 Å². The van der Waals surface area contributed by atoms with Crippen LogP contribution in [0.15, 0.2) is 82.7 Å². The van der Waals surface area contributed by atoms with Crippen LogP contribution in [0.25, 0.3) is 11.3 Å². The molecule has 5 rings (SSSR count). The number of sulfonamides is 1. The first-order valence-corrected chi connectivity index (χ1v) is 17.3. The van der Waals surface area contributed by atoms with Gasteiger partial charge in [0.05, 0.1) is 40.1 Å². The van der Waals surface area contributed by atoms with Gasteiger partial charge >= 0.3 is 0 Å². The lowest BCUT2D eigenvalue weighted by atomic mass is 9.88. The fraction of sp³-hybridized carbons (Fsp3) is 0.433. The van der Waals surface area contributed by atoms with Crippen LogP contribution < -0.4 is 10.1 Å². The molecule has 2 fully saturated rings. The minimum atomic E-state index is -3.67. The van der Waals surface area contributed by atoms with Gasteiger partial charge < -0.3 is 25.0 Å². The van der Waals surface area contributed by atoms with Gasteiger partial charge in [-0.2, -0.15) is 4.31 Å². The molecular weight excluding hydrogens is 594 g/mol. The van der Waals surface area contributed by atoms with E-state index in [0.717, 1.165) is 5.56 Å². The van der Waals surface area contributed by atoms with E-state index in [1.807, 2.05) is 24.3 Å². The van der Waals surface area contributed by atoms with Crippen LogP contribution in [0.3, 0.4) is 0 Å². The second-order valence-corrected chi connectivity index (χ2v) is 15.0. The summed E-state index contributed by atoms with van der Waals surface area (Å²) in [6.07, 6.45) is 2.69. The van der Waals surface area contributed by atoms with E-state index in [9.17, 15) is 21.9 Å². The van der Waals surface area contributed by atoms with Crippen molar-refractivity contribution < 1.29 is 36.5 Å². The van der Waals surface area contributed by atoms with Crippen molar-refractivity contribution in [2.24, 2.45) is 0 Å². The molecule has 0 saturated carbocycles. The number of hydrogen-bond donors (Lipinski definition) is 3. The second-order valence-electron chi connectivity index (χ2n) is 10.9. The molecule has 0 bridgehead atoms. The SMILES string of the molecule is O=S(=O)(CCO)c1cccc(OCC(O)CN[C@H]2COC3(CCN(S(=O)(=O)c4cccc(-c5ccccn5)c4)CC3)C2)c1. The smallest absolute Gasteiger partial charge is 0.243 e. The maximum atomic E-state index is 13.4. The molecule has 3 N–H and O–H groups in total. The maximum Gasteiger partial charge on any atom is 0.243 e. The highest BCUT2D eigenvalue weighted by Crippen LogP contribution is 2.37. The lowest BCUT2D eigenvalue weighted by molar-refractivity contribution is -0.0312. The zero-order valence-electron chi connectivity index (χ0n) is 23.7. The van der Waals surface area contributed by atoms with Gasteiger partial charge in [-0.05, 0) is 61.7 Å². The molecule has 2 aliphatic rings. The van der Waals surface area contributed by atoms with E-state index in [-0.39, 0.29) is 34.7 Å². The largest absolute Gasteiger partial charge is 0.491 e. The first-order valence-electron chi connectivity index (χ1n) is 14.2. The van der Waals surface area contributed by atoms with Gasteiger partial charge in [-0.15, -0.1) is 0 Å². The van der Waals surface area contributed by atoms with Crippen LogP contribution in [0.5, 0.6) is 5.75 Å². The number of ether oxygens (including phenoxy) is 2. The first kappa shape index (κ1) is 31.5. The minimum absolute atomic E-state index is 0.000172. The summed E-state index contributed by atoms with van der Waals surface area (Å²) in [6.45, 7) is 0.905. The number of rotatable bonds is 12. The summed E-state index contributed by atoms with van der Waals surface area (Å²) in [5.74, 6) is -0.0612. The fourth-order valence-electron chi connectivity index (χ4n) is 5.51. The van der Waals surface area contributed by atoms with Gasteiger partial charge in [-0.3, -0.25) is 4.98 Å². The highest BCUT2D eigenvalue weighted by Gasteiger charge is 2.44. The zero-order valence-corrected chi connectivity index (χ0v) is 25.3. The minimum Gasteiger partial charge on any atom is -0.491 e. The fourth-order valence-corrected chi connectivity index (χ4v) is 8.05. The van der Waals surface area contributed by atoms with E-state index >= 15 is 0 Å². The van der Waals surface area contributed by atoms with Crippen molar-refractivity contribution in [3.63, 3.8) is 0 Å². The molecule has 1 unspecified atom stereocenters. The molecule has 43 heavy (non-hydrogen) atoms. The molecule has 0 aliphatic carbocycles. The molecule has 11 nitrogen and oxygen atoms in total. The zero-order chi connectivity index (χ0) is 30.5. The third-order valence-corrected chi connectivity index (χ3v) is 11.5. The average molecular weight is 632 g/mol. The third-order valence-electron chi connectivity index (χ3n) is 7.88. The average Bonchev–Trinajstić information content (AvgIpc) is 3.41. The van der Waals surface area contributed by atoms with Gasteiger partial charge in [-0.25, -0.2) is 16.8 Å². The predicted octanol–water partition coefficient (Wildman–Crippen LogP) is 1.86. The van der Waals surface area contributed by atoms with E-state index in [1.165, 1.54) is 16.4 Å². The van der Waals surface area contributed by atoms with Crippen LogP contribution >= 0.6 is 0 Å². The standard InChI is InChI=1S/C30H37N3O8S2/c34-15-16-42(36,37)27-7-4-6-26(18-27)40-22-25(35)20-32-24-19-30(41-21-24)10-13-33(14-11-30)43(38,39)28-8-3-5-23(17-28)29-9-1-2-12-31-29/h1-9,12,17-18,24-25,32,34-35H,10-11,13-16,19-22H2/t24-,25?/m1/s1. The van der Waals surface area contributed by atoms with Crippen molar-refractivity contribution in [1.82, 2.24) is 14.6 Å². The summed E-state index contributed by atoms with van der Waals surface area (Å²) in [6, 6.07) is 18.4. The number of hydrogen-bond acceptors (Lipinski definition) is 10. The Balaban J connectivity index is 1.09. The van der Waals surface area contributed by atoms with Crippen LogP contribution in [-0.2, 0) is 24.6 Å². The Labute approximate surface area is 252 Å². The number of aliphatic hydroxyl groups excluding tert-OH is 2. The van der Waals surface area contributed by atoms with Crippen molar-refractivity contribution in [2.45, 2.75) is 46.8 Å². The number of aliphatic hydroxyl groups is 2. The molecule has 2 atom stereocenters. The Hall–Kier alpha value is -2.91. The highest BCUT2D eigenvalue weighted by molar-refractivity contribution is 7.91. The van der Waals surface area contributed by atoms with Crippen LogP contribution in [0.4, 0.5) is 0 Å². The molecule has 0 radical (unpaired) electrons. The summed E-state index contributed by atoms with van der Waals surface area (Å²) >= 11 is 0. The van der Waals surface area contributed by atoms with Crippen molar-refractivity contribution in [1.29, 1.82) is 0 Å². The molecule has 0 amide bonds. The van der Waals surface area contributed by atoms with E-state index in [1.54, 1.807) is 36.5 Å². The molecule has 2 aliphatic heterocycles. The molecule has 13 heteroatoms. The molecule has 3 heterocycles. The van der Waals surface area contributed by atoms with Crippen LogP contribution in [-0.4, -0.2) is 99.3 Å². The number of nitrogens with zero attached hydrogens (tertiary/aromatic N) is 2.